The van der Waals surface area contributed by atoms with Crippen LogP contribution in [-0.2, 0) is 4.79 Å². The first-order chi connectivity index (χ1) is 6.86. The number of hydrogen-bond donors (Lipinski definition) is 1. The van der Waals surface area contributed by atoms with Crippen LogP contribution in [0.1, 0.15) is 6.42 Å². The quantitative estimate of drug-likeness (QED) is 0.564. The van der Waals surface area contributed by atoms with Crippen molar-refractivity contribution in [2.75, 3.05) is 13.1 Å². The van der Waals surface area contributed by atoms with Crippen LogP contribution in [0.4, 0.5) is 0 Å². The molecule has 0 saturated carbocycles. The molecular weight excluding hydrogens is 178 g/mol. The fraction of sp³-hybridized carbons (Fsp3) is 0.364. The van der Waals surface area contributed by atoms with Gasteiger partial charge >= 0.3 is 5.97 Å². The molecular formula is C11H13NO2. The number of carbonyl (C=O) groups is 1. The lowest BCUT2D eigenvalue weighted by Crippen LogP contribution is -2.22. The molecule has 1 aliphatic heterocycles. The summed E-state index contributed by atoms with van der Waals surface area (Å²) >= 11 is 0. The second kappa shape index (κ2) is 4.24. The largest absolute Gasteiger partial charge is 0.426 e. The summed E-state index contributed by atoms with van der Waals surface area (Å²) in [5.74, 6) is 0.529. The molecule has 1 aliphatic rings. The Morgan fingerprint density at radius 1 is 1.36 bits per heavy atom. The minimum absolute atomic E-state index is 0.0233. The zero-order chi connectivity index (χ0) is 9.80. The molecule has 1 atom stereocenters. The summed E-state index contributed by atoms with van der Waals surface area (Å²) in [5.41, 5.74) is 0. The third-order valence-electron chi connectivity index (χ3n) is 2.36. The molecule has 0 unspecified atom stereocenters. The average molecular weight is 191 g/mol. The second-order valence-electron chi connectivity index (χ2n) is 3.42. The Bertz CT molecular complexity index is 304. The van der Waals surface area contributed by atoms with Crippen LogP contribution in [0, 0.1) is 5.92 Å². The van der Waals surface area contributed by atoms with Gasteiger partial charge in [-0.2, -0.15) is 0 Å². The predicted molar refractivity (Wildman–Crippen MR) is 53.1 cm³/mol. The number of benzene rings is 1. The zero-order valence-electron chi connectivity index (χ0n) is 7.90. The van der Waals surface area contributed by atoms with E-state index in [9.17, 15) is 4.79 Å². The first-order valence-corrected chi connectivity index (χ1v) is 4.84. The summed E-state index contributed by atoms with van der Waals surface area (Å²) in [7, 11) is 0. The van der Waals surface area contributed by atoms with Crippen LogP contribution in [0.25, 0.3) is 0 Å². The van der Waals surface area contributed by atoms with E-state index in [2.05, 4.69) is 5.32 Å². The summed E-state index contributed by atoms with van der Waals surface area (Å²) in [4.78, 5) is 11.6. The standard InChI is InChI=1S/C11H13NO2/c13-11(9-6-7-12-8-9)14-10-4-2-1-3-5-10/h1-5,9,12H,6-8H2/t9-/m0/s1. The van der Waals surface area contributed by atoms with Crippen LogP contribution in [0.5, 0.6) is 5.75 Å². The van der Waals surface area contributed by atoms with E-state index in [1.165, 1.54) is 0 Å². The molecule has 0 aromatic heterocycles. The number of carbonyl (C=O) groups excluding carboxylic acids is 1. The van der Waals surface area contributed by atoms with E-state index >= 15 is 0 Å². The fourth-order valence-electron chi connectivity index (χ4n) is 1.54. The van der Waals surface area contributed by atoms with E-state index in [0.717, 1.165) is 19.5 Å². The summed E-state index contributed by atoms with van der Waals surface area (Å²) in [6.07, 6.45) is 0.881. The van der Waals surface area contributed by atoms with Crippen molar-refractivity contribution in [2.45, 2.75) is 6.42 Å². The molecule has 1 saturated heterocycles. The van der Waals surface area contributed by atoms with Crippen molar-refractivity contribution < 1.29 is 9.53 Å². The molecule has 14 heavy (non-hydrogen) atoms. The number of nitrogens with one attached hydrogen (secondary N) is 1. The summed E-state index contributed by atoms with van der Waals surface area (Å²) in [6, 6.07) is 9.19. The lowest BCUT2D eigenvalue weighted by molar-refractivity contribution is -0.138. The number of rotatable bonds is 2. The van der Waals surface area contributed by atoms with E-state index < -0.39 is 0 Å². The van der Waals surface area contributed by atoms with Gasteiger partial charge in [-0.1, -0.05) is 18.2 Å². The average Bonchev–Trinajstić information content (AvgIpc) is 2.72. The van der Waals surface area contributed by atoms with Gasteiger partial charge in [-0.05, 0) is 25.1 Å². The van der Waals surface area contributed by atoms with Crippen LogP contribution in [0.15, 0.2) is 30.3 Å². The Balaban J connectivity index is 1.94. The minimum Gasteiger partial charge on any atom is -0.426 e. The Kier molecular flexibility index (Phi) is 2.79. The van der Waals surface area contributed by atoms with E-state index in [1.807, 2.05) is 18.2 Å². The van der Waals surface area contributed by atoms with Crippen molar-refractivity contribution >= 4 is 5.97 Å². The molecule has 0 aliphatic carbocycles. The first-order valence-electron chi connectivity index (χ1n) is 4.84. The Hall–Kier alpha value is -1.35. The van der Waals surface area contributed by atoms with Gasteiger partial charge in [-0.15, -0.1) is 0 Å². The second-order valence-corrected chi connectivity index (χ2v) is 3.42. The number of ether oxygens (including phenoxy) is 1. The molecule has 74 valence electrons. The third-order valence-corrected chi connectivity index (χ3v) is 2.36. The van der Waals surface area contributed by atoms with Gasteiger partial charge in [0.05, 0.1) is 5.92 Å². The van der Waals surface area contributed by atoms with Crippen molar-refractivity contribution in [3.05, 3.63) is 30.3 Å². The van der Waals surface area contributed by atoms with Gasteiger partial charge in [0.2, 0.25) is 0 Å². The topological polar surface area (TPSA) is 38.3 Å². The maximum Gasteiger partial charge on any atom is 0.315 e. The lowest BCUT2D eigenvalue weighted by Gasteiger charge is -2.07. The highest BCUT2D eigenvalue weighted by Crippen LogP contribution is 2.14. The van der Waals surface area contributed by atoms with Crippen LogP contribution in [-0.4, -0.2) is 19.1 Å². The molecule has 3 nitrogen and oxygen atoms in total. The maximum atomic E-state index is 11.6. The molecule has 0 radical (unpaired) electrons. The molecule has 1 N–H and O–H groups in total. The van der Waals surface area contributed by atoms with Crippen molar-refractivity contribution in [1.29, 1.82) is 0 Å². The molecule has 2 rings (SSSR count). The summed E-state index contributed by atoms with van der Waals surface area (Å²) < 4.78 is 5.22. The monoisotopic (exact) mass is 191 g/mol. The molecule has 1 aromatic carbocycles. The van der Waals surface area contributed by atoms with Crippen molar-refractivity contribution in [2.24, 2.45) is 5.92 Å². The Morgan fingerprint density at radius 2 is 2.14 bits per heavy atom. The van der Waals surface area contributed by atoms with Crippen molar-refractivity contribution in [3.63, 3.8) is 0 Å². The highest BCUT2D eigenvalue weighted by atomic mass is 16.5. The highest BCUT2D eigenvalue weighted by molar-refractivity contribution is 5.75. The highest BCUT2D eigenvalue weighted by Gasteiger charge is 2.23. The lowest BCUT2D eigenvalue weighted by atomic mass is 10.1. The van der Waals surface area contributed by atoms with Crippen molar-refractivity contribution in [3.8, 4) is 5.75 Å². The number of hydrogen-bond acceptors (Lipinski definition) is 3. The molecule has 0 amide bonds. The molecule has 1 fully saturated rings. The third kappa shape index (κ3) is 2.12. The van der Waals surface area contributed by atoms with E-state index in [4.69, 9.17) is 4.74 Å². The zero-order valence-corrected chi connectivity index (χ0v) is 7.90. The van der Waals surface area contributed by atoms with Crippen molar-refractivity contribution in [1.82, 2.24) is 5.32 Å². The van der Waals surface area contributed by atoms with Crippen LogP contribution >= 0.6 is 0 Å². The minimum atomic E-state index is -0.124. The van der Waals surface area contributed by atoms with Crippen LogP contribution in [0.3, 0.4) is 0 Å². The first kappa shape index (κ1) is 9.21. The van der Waals surface area contributed by atoms with E-state index in [-0.39, 0.29) is 11.9 Å². The van der Waals surface area contributed by atoms with Gasteiger partial charge < -0.3 is 10.1 Å². The SMILES string of the molecule is O=C(Oc1ccccc1)[C@H]1CCNC1. The number of esters is 1. The fourth-order valence-corrected chi connectivity index (χ4v) is 1.54. The molecule has 3 heteroatoms. The van der Waals surface area contributed by atoms with Gasteiger partial charge in [0, 0.05) is 6.54 Å². The van der Waals surface area contributed by atoms with Gasteiger partial charge in [0.25, 0.3) is 0 Å². The Morgan fingerprint density at radius 3 is 2.79 bits per heavy atom. The maximum absolute atomic E-state index is 11.6. The summed E-state index contributed by atoms with van der Waals surface area (Å²) in [5, 5.41) is 3.14. The molecule has 0 bridgehead atoms. The van der Waals surface area contributed by atoms with Gasteiger partial charge in [0.15, 0.2) is 0 Å². The van der Waals surface area contributed by atoms with E-state index in [1.54, 1.807) is 12.1 Å². The van der Waals surface area contributed by atoms with E-state index in [0.29, 0.717) is 5.75 Å². The smallest absolute Gasteiger partial charge is 0.315 e. The molecule has 1 aromatic rings. The number of para-hydroxylation sites is 1. The normalized spacial score (nSPS) is 20.7. The summed E-state index contributed by atoms with van der Waals surface area (Å²) in [6.45, 7) is 1.65. The predicted octanol–water partition coefficient (Wildman–Crippen LogP) is 1.20. The van der Waals surface area contributed by atoms with Gasteiger partial charge in [-0.3, -0.25) is 4.79 Å². The van der Waals surface area contributed by atoms with Gasteiger partial charge in [0.1, 0.15) is 5.75 Å². The molecule has 0 spiro atoms. The Labute approximate surface area is 83.1 Å². The molecule has 1 heterocycles. The van der Waals surface area contributed by atoms with Crippen LogP contribution in [0.2, 0.25) is 0 Å². The van der Waals surface area contributed by atoms with Gasteiger partial charge in [-0.25, -0.2) is 0 Å². The van der Waals surface area contributed by atoms with Crippen LogP contribution < -0.4 is 10.1 Å².